The summed E-state index contributed by atoms with van der Waals surface area (Å²) >= 11 is 5.82. The number of aromatic amines is 1. The number of aromatic nitrogens is 1. The lowest BCUT2D eigenvalue weighted by molar-refractivity contribution is 0.101. The number of hydrogen-bond donors (Lipinski definition) is 1. The Bertz CT molecular complexity index is 518. The van der Waals surface area contributed by atoms with Crippen LogP contribution in [0.25, 0.3) is 10.9 Å². The van der Waals surface area contributed by atoms with Gasteiger partial charge in [-0.05, 0) is 25.1 Å². The van der Waals surface area contributed by atoms with Crippen molar-refractivity contribution in [3.8, 4) is 0 Å². The second kappa shape index (κ2) is 3.10. The molecule has 0 fully saturated rings. The van der Waals surface area contributed by atoms with E-state index in [1.54, 1.807) is 6.07 Å². The minimum Gasteiger partial charge on any atom is -0.345 e. The first-order valence-electron chi connectivity index (χ1n) is 4.07. The van der Waals surface area contributed by atoms with Crippen molar-refractivity contribution in [2.24, 2.45) is 0 Å². The number of ketones is 1. The van der Waals surface area contributed by atoms with Gasteiger partial charge < -0.3 is 4.98 Å². The monoisotopic (exact) mass is 211 g/mol. The summed E-state index contributed by atoms with van der Waals surface area (Å²) in [5.41, 5.74) is 1.02. The zero-order valence-corrected chi connectivity index (χ0v) is 8.15. The van der Waals surface area contributed by atoms with E-state index in [9.17, 15) is 9.18 Å². The van der Waals surface area contributed by atoms with Crippen LogP contribution in [0.5, 0.6) is 0 Å². The van der Waals surface area contributed by atoms with E-state index in [1.165, 1.54) is 19.1 Å². The number of nitrogens with one attached hydrogen (secondary N) is 1. The van der Waals surface area contributed by atoms with E-state index in [-0.39, 0.29) is 16.8 Å². The normalized spacial score (nSPS) is 10.8. The van der Waals surface area contributed by atoms with E-state index in [0.29, 0.717) is 16.5 Å². The number of fused-ring (bicyclic) bond motifs is 1. The summed E-state index contributed by atoms with van der Waals surface area (Å²) in [6, 6.07) is 4.18. The fourth-order valence-electron chi connectivity index (χ4n) is 1.48. The van der Waals surface area contributed by atoms with E-state index >= 15 is 0 Å². The smallest absolute Gasteiger partial charge is 0.163 e. The molecular formula is C10H7ClFNO. The predicted octanol–water partition coefficient (Wildman–Crippen LogP) is 3.16. The Labute approximate surface area is 84.7 Å². The fraction of sp³-hybridized carbons (Fsp3) is 0.100. The maximum atomic E-state index is 12.9. The molecule has 0 unspecified atom stereocenters. The van der Waals surface area contributed by atoms with E-state index in [0.717, 1.165) is 0 Å². The lowest BCUT2D eigenvalue weighted by atomic mass is 10.1. The minimum atomic E-state index is -0.379. The van der Waals surface area contributed by atoms with Crippen molar-refractivity contribution in [3.05, 3.63) is 34.7 Å². The SMILES string of the molecule is CC(=O)c1c(Cl)[nH]c2ccc(F)cc12. The van der Waals surface area contributed by atoms with Crippen LogP contribution < -0.4 is 0 Å². The molecule has 0 amide bonds. The Kier molecular flexibility index (Phi) is 2.04. The largest absolute Gasteiger partial charge is 0.345 e. The summed E-state index contributed by atoms with van der Waals surface area (Å²) in [5, 5.41) is 0.792. The molecule has 0 aliphatic carbocycles. The van der Waals surface area contributed by atoms with Gasteiger partial charge in [0.15, 0.2) is 5.78 Å². The van der Waals surface area contributed by atoms with E-state index in [2.05, 4.69) is 4.98 Å². The molecule has 2 rings (SSSR count). The minimum absolute atomic E-state index is 0.174. The molecule has 1 heterocycles. The second-order valence-electron chi connectivity index (χ2n) is 3.06. The van der Waals surface area contributed by atoms with Crippen LogP contribution in [-0.4, -0.2) is 10.8 Å². The maximum absolute atomic E-state index is 12.9. The standard InChI is InChI=1S/C10H7ClFNO/c1-5(14)9-7-4-6(12)2-3-8(7)13-10(9)11/h2-4,13H,1H3. The summed E-state index contributed by atoms with van der Waals surface area (Å²) in [6.07, 6.45) is 0. The van der Waals surface area contributed by atoms with Crippen molar-refractivity contribution >= 4 is 28.3 Å². The molecule has 2 aromatic rings. The molecule has 0 atom stereocenters. The predicted molar refractivity (Wildman–Crippen MR) is 53.3 cm³/mol. The highest BCUT2D eigenvalue weighted by Crippen LogP contribution is 2.26. The lowest BCUT2D eigenvalue weighted by Crippen LogP contribution is -1.90. The van der Waals surface area contributed by atoms with Gasteiger partial charge in [-0.25, -0.2) is 4.39 Å². The molecule has 0 spiro atoms. The molecule has 0 saturated heterocycles. The summed E-state index contributed by atoms with van der Waals surface area (Å²) < 4.78 is 12.9. The zero-order valence-electron chi connectivity index (χ0n) is 7.40. The third kappa shape index (κ3) is 1.30. The van der Waals surface area contributed by atoms with Gasteiger partial charge in [0.2, 0.25) is 0 Å². The molecule has 0 aliphatic rings. The number of hydrogen-bond acceptors (Lipinski definition) is 1. The van der Waals surface area contributed by atoms with Crippen molar-refractivity contribution < 1.29 is 9.18 Å². The molecule has 14 heavy (non-hydrogen) atoms. The fourth-order valence-corrected chi connectivity index (χ4v) is 1.81. The first-order chi connectivity index (χ1) is 6.59. The van der Waals surface area contributed by atoms with Crippen LogP contribution in [0.2, 0.25) is 5.15 Å². The average Bonchev–Trinajstić information content (AvgIpc) is 2.40. The van der Waals surface area contributed by atoms with Crippen LogP contribution >= 0.6 is 11.6 Å². The maximum Gasteiger partial charge on any atom is 0.163 e. The number of carbonyl (C=O) groups excluding carboxylic acids is 1. The van der Waals surface area contributed by atoms with Crippen molar-refractivity contribution in [1.82, 2.24) is 4.98 Å². The Balaban J connectivity index is 2.86. The average molecular weight is 212 g/mol. The van der Waals surface area contributed by atoms with Gasteiger partial charge in [-0.2, -0.15) is 0 Å². The summed E-state index contributed by atoms with van der Waals surface area (Å²) in [6.45, 7) is 1.40. The van der Waals surface area contributed by atoms with Gasteiger partial charge in [0.25, 0.3) is 0 Å². The van der Waals surface area contributed by atoms with Crippen LogP contribution in [-0.2, 0) is 0 Å². The van der Waals surface area contributed by atoms with Gasteiger partial charge in [-0.1, -0.05) is 11.6 Å². The highest BCUT2D eigenvalue weighted by molar-refractivity contribution is 6.35. The topological polar surface area (TPSA) is 32.9 Å². The quantitative estimate of drug-likeness (QED) is 0.722. The third-order valence-electron chi connectivity index (χ3n) is 2.07. The van der Waals surface area contributed by atoms with Gasteiger partial charge in [0, 0.05) is 10.9 Å². The molecule has 0 bridgehead atoms. The first kappa shape index (κ1) is 9.21. The molecule has 1 N–H and O–H groups in total. The second-order valence-corrected chi connectivity index (χ2v) is 3.44. The number of benzene rings is 1. The van der Waals surface area contributed by atoms with Crippen molar-refractivity contribution in [3.63, 3.8) is 0 Å². The van der Waals surface area contributed by atoms with Crippen molar-refractivity contribution in [2.45, 2.75) is 6.92 Å². The lowest BCUT2D eigenvalue weighted by Gasteiger charge is -1.93. The molecule has 1 aromatic heterocycles. The van der Waals surface area contributed by atoms with Crippen LogP contribution in [0.15, 0.2) is 18.2 Å². The van der Waals surface area contributed by atoms with E-state index < -0.39 is 0 Å². The van der Waals surface area contributed by atoms with E-state index in [4.69, 9.17) is 11.6 Å². The molecule has 0 saturated carbocycles. The number of H-pyrrole nitrogens is 1. The van der Waals surface area contributed by atoms with Crippen molar-refractivity contribution in [2.75, 3.05) is 0 Å². The third-order valence-corrected chi connectivity index (χ3v) is 2.35. The number of rotatable bonds is 1. The van der Waals surface area contributed by atoms with Crippen LogP contribution in [0, 0.1) is 5.82 Å². The van der Waals surface area contributed by atoms with Gasteiger partial charge in [0.05, 0.1) is 5.56 Å². The molecular weight excluding hydrogens is 205 g/mol. The van der Waals surface area contributed by atoms with Crippen LogP contribution in [0.3, 0.4) is 0 Å². The number of carbonyl (C=O) groups is 1. The van der Waals surface area contributed by atoms with Crippen LogP contribution in [0.4, 0.5) is 4.39 Å². The van der Waals surface area contributed by atoms with Gasteiger partial charge >= 0.3 is 0 Å². The highest BCUT2D eigenvalue weighted by atomic mass is 35.5. The van der Waals surface area contributed by atoms with Gasteiger partial charge in [-0.3, -0.25) is 4.79 Å². The number of halogens is 2. The summed E-state index contributed by atoms with van der Waals surface area (Å²) in [4.78, 5) is 14.0. The van der Waals surface area contributed by atoms with Gasteiger partial charge in [0.1, 0.15) is 11.0 Å². The van der Waals surface area contributed by atoms with Gasteiger partial charge in [-0.15, -0.1) is 0 Å². The van der Waals surface area contributed by atoms with Crippen LogP contribution in [0.1, 0.15) is 17.3 Å². The summed E-state index contributed by atoms with van der Waals surface area (Å²) in [7, 11) is 0. The molecule has 0 radical (unpaired) electrons. The molecule has 1 aromatic carbocycles. The van der Waals surface area contributed by atoms with E-state index in [1.807, 2.05) is 0 Å². The number of Topliss-reactive ketones (excluding diaryl/α,β-unsaturated/α-hetero) is 1. The Morgan fingerprint density at radius 2 is 2.21 bits per heavy atom. The molecule has 4 heteroatoms. The summed E-state index contributed by atoms with van der Waals surface area (Å²) in [5.74, 6) is -0.553. The molecule has 72 valence electrons. The van der Waals surface area contributed by atoms with Crippen molar-refractivity contribution in [1.29, 1.82) is 0 Å². The highest BCUT2D eigenvalue weighted by Gasteiger charge is 2.13. The Morgan fingerprint density at radius 1 is 1.50 bits per heavy atom. The zero-order chi connectivity index (χ0) is 10.3. The Hall–Kier alpha value is -1.35. The molecule has 0 aliphatic heterocycles. The Morgan fingerprint density at radius 3 is 2.86 bits per heavy atom. The molecule has 2 nitrogen and oxygen atoms in total. The first-order valence-corrected chi connectivity index (χ1v) is 4.45.